The summed E-state index contributed by atoms with van der Waals surface area (Å²) in [4.78, 5) is 35.8. The quantitative estimate of drug-likeness (QED) is 0.727. The standard InChI is InChI=1S/C13H15NO6/c1-18-12(16)6-10-7-14(4-5-19-10)13(17)9-2-3-11(15)20-8-9/h2-3,8,10H,4-7H2,1H3. The zero-order chi connectivity index (χ0) is 14.5. The fourth-order valence-electron chi connectivity index (χ4n) is 1.96. The minimum absolute atomic E-state index is 0.101. The molecular formula is C13H15NO6. The van der Waals surface area contributed by atoms with Crippen LogP contribution in [0, 0.1) is 0 Å². The Morgan fingerprint density at radius 3 is 2.90 bits per heavy atom. The molecule has 2 heterocycles. The molecule has 1 amide bonds. The molecule has 7 nitrogen and oxygen atoms in total. The van der Waals surface area contributed by atoms with Gasteiger partial charge in [-0.25, -0.2) is 4.79 Å². The highest BCUT2D eigenvalue weighted by Gasteiger charge is 2.27. The maximum atomic E-state index is 12.2. The van der Waals surface area contributed by atoms with Crippen molar-refractivity contribution >= 4 is 11.9 Å². The van der Waals surface area contributed by atoms with Gasteiger partial charge in [0.1, 0.15) is 6.26 Å². The largest absolute Gasteiger partial charge is 0.469 e. The molecule has 1 unspecified atom stereocenters. The Balaban J connectivity index is 2.01. The number of ether oxygens (including phenoxy) is 2. The fraction of sp³-hybridized carbons (Fsp3) is 0.462. The van der Waals surface area contributed by atoms with Crippen molar-refractivity contribution < 1.29 is 23.5 Å². The Bertz CT molecular complexity index is 532. The van der Waals surface area contributed by atoms with Gasteiger partial charge in [0.15, 0.2) is 0 Å². The number of morpholine rings is 1. The van der Waals surface area contributed by atoms with E-state index in [0.29, 0.717) is 25.3 Å². The Hall–Kier alpha value is -2.15. The lowest BCUT2D eigenvalue weighted by Gasteiger charge is -2.32. The van der Waals surface area contributed by atoms with Gasteiger partial charge in [-0.05, 0) is 6.07 Å². The first-order valence-corrected chi connectivity index (χ1v) is 6.16. The predicted octanol–water partition coefficient (Wildman–Crippen LogP) is 0.0439. The van der Waals surface area contributed by atoms with Gasteiger partial charge < -0.3 is 18.8 Å². The molecule has 1 aromatic heterocycles. The molecule has 1 atom stereocenters. The molecule has 0 saturated carbocycles. The van der Waals surface area contributed by atoms with Gasteiger partial charge in [-0.3, -0.25) is 9.59 Å². The summed E-state index contributed by atoms with van der Waals surface area (Å²) in [7, 11) is 1.31. The summed E-state index contributed by atoms with van der Waals surface area (Å²) in [6.07, 6.45) is 0.857. The molecule has 2 rings (SSSR count). The minimum atomic E-state index is -0.507. The molecule has 0 aromatic carbocycles. The van der Waals surface area contributed by atoms with Gasteiger partial charge >= 0.3 is 11.6 Å². The third-order valence-corrected chi connectivity index (χ3v) is 3.00. The van der Waals surface area contributed by atoms with E-state index in [1.807, 2.05) is 0 Å². The average molecular weight is 281 g/mol. The van der Waals surface area contributed by atoms with Crippen LogP contribution in [-0.4, -0.2) is 49.7 Å². The van der Waals surface area contributed by atoms with Crippen molar-refractivity contribution in [1.29, 1.82) is 0 Å². The zero-order valence-electron chi connectivity index (χ0n) is 11.0. The maximum absolute atomic E-state index is 12.2. The molecule has 0 aliphatic carbocycles. The van der Waals surface area contributed by atoms with Gasteiger partial charge in [-0.15, -0.1) is 0 Å². The first kappa shape index (κ1) is 14.3. The number of carbonyl (C=O) groups is 2. The molecule has 1 fully saturated rings. The second-order valence-electron chi connectivity index (χ2n) is 4.37. The third-order valence-electron chi connectivity index (χ3n) is 3.00. The van der Waals surface area contributed by atoms with E-state index in [-0.39, 0.29) is 24.4 Å². The lowest BCUT2D eigenvalue weighted by atomic mass is 10.2. The van der Waals surface area contributed by atoms with Crippen LogP contribution in [0.25, 0.3) is 0 Å². The molecule has 0 bridgehead atoms. The molecule has 1 aliphatic rings. The lowest BCUT2D eigenvalue weighted by molar-refractivity contribution is -0.145. The average Bonchev–Trinajstić information content (AvgIpc) is 2.47. The van der Waals surface area contributed by atoms with Gasteiger partial charge in [0.05, 0.1) is 31.8 Å². The summed E-state index contributed by atoms with van der Waals surface area (Å²) < 4.78 is 14.7. The topological polar surface area (TPSA) is 86.0 Å². The summed E-state index contributed by atoms with van der Waals surface area (Å²) >= 11 is 0. The first-order valence-electron chi connectivity index (χ1n) is 6.16. The van der Waals surface area contributed by atoms with E-state index in [9.17, 15) is 14.4 Å². The lowest BCUT2D eigenvalue weighted by Crippen LogP contribution is -2.46. The summed E-state index contributed by atoms with van der Waals surface area (Å²) in [6.45, 7) is 1.08. The number of methoxy groups -OCH3 is 1. The Kier molecular flexibility index (Phi) is 4.52. The Morgan fingerprint density at radius 2 is 2.25 bits per heavy atom. The van der Waals surface area contributed by atoms with Crippen molar-refractivity contribution in [1.82, 2.24) is 4.90 Å². The van der Waals surface area contributed by atoms with Crippen LogP contribution < -0.4 is 5.63 Å². The summed E-state index contributed by atoms with van der Waals surface area (Å²) in [5.41, 5.74) is -0.213. The third kappa shape index (κ3) is 3.45. The van der Waals surface area contributed by atoms with E-state index in [2.05, 4.69) is 9.15 Å². The van der Waals surface area contributed by atoms with E-state index < -0.39 is 5.63 Å². The minimum Gasteiger partial charge on any atom is -0.469 e. The number of hydrogen-bond acceptors (Lipinski definition) is 6. The van der Waals surface area contributed by atoms with Crippen molar-refractivity contribution in [3.8, 4) is 0 Å². The van der Waals surface area contributed by atoms with Crippen molar-refractivity contribution in [2.24, 2.45) is 0 Å². The zero-order valence-corrected chi connectivity index (χ0v) is 11.0. The van der Waals surface area contributed by atoms with E-state index in [1.54, 1.807) is 4.90 Å². The van der Waals surface area contributed by atoms with Crippen LogP contribution in [0.1, 0.15) is 16.8 Å². The molecule has 0 radical (unpaired) electrons. The van der Waals surface area contributed by atoms with E-state index in [1.165, 1.54) is 19.2 Å². The molecule has 20 heavy (non-hydrogen) atoms. The van der Waals surface area contributed by atoms with E-state index in [4.69, 9.17) is 4.74 Å². The second-order valence-corrected chi connectivity index (χ2v) is 4.37. The van der Waals surface area contributed by atoms with Crippen molar-refractivity contribution in [2.75, 3.05) is 26.8 Å². The maximum Gasteiger partial charge on any atom is 0.335 e. The molecule has 108 valence electrons. The van der Waals surface area contributed by atoms with Crippen LogP contribution in [0.5, 0.6) is 0 Å². The van der Waals surface area contributed by atoms with Crippen LogP contribution in [0.2, 0.25) is 0 Å². The number of esters is 1. The highest BCUT2D eigenvalue weighted by atomic mass is 16.5. The van der Waals surface area contributed by atoms with Crippen LogP contribution in [0.15, 0.2) is 27.6 Å². The number of rotatable bonds is 3. The smallest absolute Gasteiger partial charge is 0.335 e. The summed E-state index contributed by atoms with van der Waals surface area (Å²) in [5.74, 6) is -0.637. The molecule has 0 N–H and O–H groups in total. The molecule has 0 spiro atoms. The number of amides is 1. The first-order chi connectivity index (χ1) is 9.60. The highest BCUT2D eigenvalue weighted by molar-refractivity contribution is 5.93. The van der Waals surface area contributed by atoms with Crippen molar-refractivity contribution in [3.63, 3.8) is 0 Å². The van der Waals surface area contributed by atoms with Gasteiger partial charge in [-0.2, -0.15) is 0 Å². The number of hydrogen-bond donors (Lipinski definition) is 0. The van der Waals surface area contributed by atoms with Gasteiger partial charge in [0.25, 0.3) is 5.91 Å². The van der Waals surface area contributed by atoms with Crippen LogP contribution in [0.3, 0.4) is 0 Å². The monoisotopic (exact) mass is 281 g/mol. The van der Waals surface area contributed by atoms with Crippen molar-refractivity contribution in [3.05, 3.63) is 34.4 Å². The molecule has 7 heteroatoms. The number of nitrogens with zero attached hydrogens (tertiary/aromatic N) is 1. The normalized spacial score (nSPS) is 18.6. The molecule has 1 aromatic rings. The van der Waals surface area contributed by atoms with Crippen LogP contribution >= 0.6 is 0 Å². The van der Waals surface area contributed by atoms with E-state index >= 15 is 0 Å². The summed E-state index contributed by atoms with van der Waals surface area (Å²) in [5, 5.41) is 0. The molecule has 1 saturated heterocycles. The van der Waals surface area contributed by atoms with Gasteiger partial charge in [-0.1, -0.05) is 0 Å². The van der Waals surface area contributed by atoms with E-state index in [0.717, 1.165) is 6.26 Å². The van der Waals surface area contributed by atoms with Gasteiger partial charge in [0.2, 0.25) is 0 Å². The number of carbonyl (C=O) groups excluding carboxylic acids is 2. The molecular weight excluding hydrogens is 266 g/mol. The fourth-order valence-corrected chi connectivity index (χ4v) is 1.96. The van der Waals surface area contributed by atoms with Gasteiger partial charge in [0, 0.05) is 19.2 Å². The van der Waals surface area contributed by atoms with Crippen molar-refractivity contribution in [2.45, 2.75) is 12.5 Å². The highest BCUT2D eigenvalue weighted by Crippen LogP contribution is 2.12. The predicted molar refractivity (Wildman–Crippen MR) is 67.3 cm³/mol. The Labute approximate surface area is 115 Å². The van der Waals surface area contributed by atoms with Crippen LogP contribution in [0.4, 0.5) is 0 Å². The second kappa shape index (κ2) is 6.33. The summed E-state index contributed by atoms with van der Waals surface area (Å²) in [6, 6.07) is 2.61. The molecule has 1 aliphatic heterocycles. The van der Waals surface area contributed by atoms with Crippen LogP contribution in [-0.2, 0) is 14.3 Å². The SMILES string of the molecule is COC(=O)CC1CN(C(=O)c2ccc(=O)oc2)CCO1. The Morgan fingerprint density at radius 1 is 1.45 bits per heavy atom.